The van der Waals surface area contributed by atoms with Crippen molar-refractivity contribution in [3.8, 4) is 0 Å². The molecule has 5 nitrogen and oxygen atoms in total. The van der Waals surface area contributed by atoms with Gasteiger partial charge in [-0.2, -0.15) is 13.2 Å². The van der Waals surface area contributed by atoms with Crippen LogP contribution in [0.2, 0.25) is 5.02 Å². The van der Waals surface area contributed by atoms with Crippen LogP contribution in [0.15, 0.2) is 42.6 Å². The van der Waals surface area contributed by atoms with Crippen molar-refractivity contribution >= 4 is 23.3 Å². The molecule has 1 saturated heterocycles. The van der Waals surface area contributed by atoms with Crippen molar-refractivity contribution in [2.45, 2.75) is 32.1 Å². The monoisotopic (exact) mass is 440 g/mol. The number of benzene rings is 1. The maximum Gasteiger partial charge on any atom is 0.417 e. The number of hydrogen-bond acceptors (Lipinski definition) is 4. The number of pyridine rings is 1. The molecule has 2 atom stereocenters. The third-order valence-corrected chi connectivity index (χ3v) is 5.63. The fraction of sp³-hybridized carbons (Fsp3) is 0.429. The molecule has 1 aromatic heterocycles. The number of alkyl halides is 3. The van der Waals surface area contributed by atoms with E-state index in [9.17, 15) is 18.0 Å². The van der Waals surface area contributed by atoms with Crippen LogP contribution in [0.3, 0.4) is 0 Å². The quantitative estimate of drug-likeness (QED) is 0.759. The highest BCUT2D eigenvalue weighted by Gasteiger charge is 2.33. The number of piperazine rings is 1. The van der Waals surface area contributed by atoms with Crippen molar-refractivity contribution in [1.82, 2.24) is 15.2 Å². The molecule has 1 amide bonds. The van der Waals surface area contributed by atoms with Gasteiger partial charge in [0, 0.05) is 32.4 Å². The summed E-state index contributed by atoms with van der Waals surface area (Å²) in [7, 11) is 0. The summed E-state index contributed by atoms with van der Waals surface area (Å²) in [6, 6.07) is 10.2. The first-order valence-electron chi connectivity index (χ1n) is 9.74. The number of carbonyl (C=O) groups is 1. The van der Waals surface area contributed by atoms with Crippen LogP contribution in [0.4, 0.5) is 19.0 Å². The Morgan fingerprint density at radius 1 is 1.13 bits per heavy atom. The second-order valence-electron chi connectivity index (χ2n) is 7.37. The molecule has 0 radical (unpaired) electrons. The van der Waals surface area contributed by atoms with E-state index >= 15 is 0 Å². The molecular formula is C21H24ClF3N4O. The summed E-state index contributed by atoms with van der Waals surface area (Å²) < 4.78 is 38.4. The minimum Gasteiger partial charge on any atom is -0.353 e. The Bertz CT molecular complexity index is 870. The van der Waals surface area contributed by atoms with Gasteiger partial charge < -0.3 is 10.2 Å². The maximum absolute atomic E-state index is 12.8. The van der Waals surface area contributed by atoms with Gasteiger partial charge in [0.25, 0.3) is 0 Å². The van der Waals surface area contributed by atoms with Crippen molar-refractivity contribution in [3.63, 3.8) is 0 Å². The molecule has 0 aliphatic carbocycles. The first-order chi connectivity index (χ1) is 14.2. The van der Waals surface area contributed by atoms with Crippen LogP contribution in [-0.4, -0.2) is 48.0 Å². The summed E-state index contributed by atoms with van der Waals surface area (Å²) >= 11 is 6.05. The van der Waals surface area contributed by atoms with Crippen LogP contribution in [-0.2, 0) is 11.0 Å². The minimum absolute atomic E-state index is 0.0271. The summed E-state index contributed by atoms with van der Waals surface area (Å²) in [4.78, 5) is 20.5. The van der Waals surface area contributed by atoms with Gasteiger partial charge in [-0.05, 0) is 25.5 Å². The molecule has 1 N–H and O–H groups in total. The first kappa shape index (κ1) is 22.4. The average molecular weight is 441 g/mol. The molecule has 3 rings (SSSR count). The van der Waals surface area contributed by atoms with Crippen molar-refractivity contribution in [3.05, 3.63) is 58.7 Å². The van der Waals surface area contributed by atoms with Gasteiger partial charge in [0.15, 0.2) is 0 Å². The molecule has 30 heavy (non-hydrogen) atoms. The third-order valence-electron chi connectivity index (χ3n) is 5.35. The van der Waals surface area contributed by atoms with Gasteiger partial charge in [-0.1, -0.05) is 41.9 Å². The second kappa shape index (κ2) is 9.22. The number of anilines is 1. The summed E-state index contributed by atoms with van der Waals surface area (Å²) in [5, 5.41) is 3.00. The zero-order valence-electron chi connectivity index (χ0n) is 16.8. The molecule has 1 fully saturated rings. The van der Waals surface area contributed by atoms with Crippen LogP contribution < -0.4 is 10.2 Å². The zero-order chi connectivity index (χ0) is 21.9. The van der Waals surface area contributed by atoms with Gasteiger partial charge in [-0.3, -0.25) is 9.69 Å². The molecule has 2 aromatic rings. The first-order valence-corrected chi connectivity index (χ1v) is 10.1. The van der Waals surface area contributed by atoms with Crippen LogP contribution in [0.1, 0.15) is 31.0 Å². The highest BCUT2D eigenvalue weighted by molar-refractivity contribution is 6.33. The molecule has 0 bridgehead atoms. The SMILES string of the molecule is CC(NC(=O)C(C)N1CCN(c2ncc(C(F)(F)F)cc2Cl)CC1)c1ccccc1. The van der Waals surface area contributed by atoms with E-state index in [-0.39, 0.29) is 23.0 Å². The van der Waals surface area contributed by atoms with Gasteiger partial charge in [0.1, 0.15) is 5.82 Å². The maximum atomic E-state index is 12.8. The standard InChI is InChI=1S/C21H24ClF3N4O/c1-14(16-6-4-3-5-7-16)27-20(30)15(2)28-8-10-29(11-9-28)19-18(22)12-17(13-26-19)21(23,24)25/h3-7,12-15H,8-11H2,1-2H3,(H,27,30). The Morgan fingerprint density at radius 3 is 2.33 bits per heavy atom. The summed E-state index contributed by atoms with van der Waals surface area (Å²) in [6.07, 6.45) is -3.68. The Labute approximate surface area is 178 Å². The molecular weight excluding hydrogens is 417 g/mol. The van der Waals surface area contributed by atoms with Gasteiger partial charge in [0.2, 0.25) is 5.91 Å². The van der Waals surface area contributed by atoms with Crippen molar-refractivity contribution < 1.29 is 18.0 Å². The van der Waals surface area contributed by atoms with E-state index < -0.39 is 11.7 Å². The smallest absolute Gasteiger partial charge is 0.353 e. The highest BCUT2D eigenvalue weighted by Crippen LogP contribution is 2.33. The molecule has 1 aliphatic heterocycles. The molecule has 2 heterocycles. The number of hydrogen-bond donors (Lipinski definition) is 1. The van der Waals surface area contributed by atoms with Crippen molar-refractivity contribution in [1.29, 1.82) is 0 Å². The Morgan fingerprint density at radius 2 is 1.77 bits per heavy atom. The van der Waals surface area contributed by atoms with E-state index in [1.165, 1.54) is 0 Å². The molecule has 0 saturated carbocycles. The highest BCUT2D eigenvalue weighted by atomic mass is 35.5. The van der Waals surface area contributed by atoms with E-state index in [0.29, 0.717) is 32.0 Å². The fourth-order valence-corrected chi connectivity index (χ4v) is 3.75. The summed E-state index contributed by atoms with van der Waals surface area (Å²) in [5.41, 5.74) is 0.165. The molecule has 1 aliphatic rings. The van der Waals surface area contributed by atoms with E-state index in [1.54, 1.807) is 0 Å². The Kier molecular flexibility index (Phi) is 6.88. The molecule has 1 aromatic carbocycles. The second-order valence-corrected chi connectivity index (χ2v) is 7.77. The molecule has 0 spiro atoms. The number of nitrogens with one attached hydrogen (secondary N) is 1. The fourth-order valence-electron chi connectivity index (χ4n) is 3.46. The van der Waals surface area contributed by atoms with Crippen LogP contribution in [0.5, 0.6) is 0 Å². The number of carbonyl (C=O) groups excluding carboxylic acids is 1. The summed E-state index contributed by atoms with van der Waals surface area (Å²) in [5.74, 6) is 0.268. The number of aromatic nitrogens is 1. The lowest BCUT2D eigenvalue weighted by Crippen LogP contribution is -2.54. The topological polar surface area (TPSA) is 48.5 Å². The normalized spacial score (nSPS) is 17.5. The zero-order valence-corrected chi connectivity index (χ0v) is 17.5. The van der Waals surface area contributed by atoms with Crippen LogP contribution in [0.25, 0.3) is 0 Å². The van der Waals surface area contributed by atoms with Crippen molar-refractivity contribution in [2.75, 3.05) is 31.1 Å². The van der Waals surface area contributed by atoms with E-state index in [0.717, 1.165) is 17.8 Å². The molecule has 162 valence electrons. The molecule has 9 heteroatoms. The molecule has 2 unspecified atom stereocenters. The predicted molar refractivity (Wildman–Crippen MR) is 110 cm³/mol. The minimum atomic E-state index is -4.48. The number of rotatable bonds is 5. The van der Waals surface area contributed by atoms with Gasteiger partial charge >= 0.3 is 6.18 Å². The number of halogens is 4. The van der Waals surface area contributed by atoms with Gasteiger partial charge in [0.05, 0.1) is 22.7 Å². The van der Waals surface area contributed by atoms with E-state index in [1.807, 2.05) is 54.0 Å². The lowest BCUT2D eigenvalue weighted by molar-refractivity contribution is -0.137. The van der Waals surface area contributed by atoms with Gasteiger partial charge in [-0.25, -0.2) is 4.98 Å². The summed E-state index contributed by atoms with van der Waals surface area (Å²) in [6.45, 7) is 5.98. The van der Waals surface area contributed by atoms with Gasteiger partial charge in [-0.15, -0.1) is 0 Å². The lowest BCUT2D eigenvalue weighted by Gasteiger charge is -2.38. The van der Waals surface area contributed by atoms with Crippen molar-refractivity contribution in [2.24, 2.45) is 0 Å². The number of nitrogens with zero attached hydrogens (tertiary/aromatic N) is 3. The van der Waals surface area contributed by atoms with Crippen LogP contribution in [0, 0.1) is 0 Å². The van der Waals surface area contributed by atoms with E-state index in [4.69, 9.17) is 11.6 Å². The number of amides is 1. The third kappa shape index (κ3) is 5.23. The van der Waals surface area contributed by atoms with Crippen LogP contribution >= 0.6 is 11.6 Å². The largest absolute Gasteiger partial charge is 0.417 e. The van der Waals surface area contributed by atoms with E-state index in [2.05, 4.69) is 10.3 Å². The Hall–Kier alpha value is -2.32. The Balaban J connectivity index is 1.56. The predicted octanol–water partition coefficient (Wildman–Crippen LogP) is 4.14. The average Bonchev–Trinajstić information content (AvgIpc) is 2.73. The lowest BCUT2D eigenvalue weighted by atomic mass is 10.1.